The molecule has 0 unspecified atom stereocenters. The number of benzene rings is 1. The number of aryl methyl sites for hydroxylation is 1. The standard InChI is InChI=1S/C14H11ClN2O3S2/c1-9-2-7-13(20-9)12-8-21-14(16-12)17-22(18,19)11-5-3-10(15)4-6-11/h2-8H,1H3,(H,16,17). The van der Waals surface area contributed by atoms with E-state index in [2.05, 4.69) is 9.71 Å². The van der Waals surface area contributed by atoms with Crippen LogP contribution in [0.2, 0.25) is 5.02 Å². The maximum Gasteiger partial charge on any atom is 0.263 e. The summed E-state index contributed by atoms with van der Waals surface area (Å²) >= 11 is 6.95. The molecule has 0 aliphatic rings. The van der Waals surface area contributed by atoms with Gasteiger partial charge in [-0.05, 0) is 43.3 Å². The Morgan fingerprint density at radius 1 is 1.18 bits per heavy atom. The van der Waals surface area contributed by atoms with Gasteiger partial charge in [-0.3, -0.25) is 4.72 Å². The van der Waals surface area contributed by atoms with Crippen molar-refractivity contribution in [1.82, 2.24) is 4.98 Å². The lowest BCUT2D eigenvalue weighted by Gasteiger charge is -2.04. The Balaban J connectivity index is 1.84. The molecule has 1 N–H and O–H groups in total. The Bertz CT molecular complexity index is 898. The highest BCUT2D eigenvalue weighted by molar-refractivity contribution is 7.93. The van der Waals surface area contributed by atoms with Crippen LogP contribution in [0.15, 0.2) is 51.1 Å². The van der Waals surface area contributed by atoms with Crippen molar-refractivity contribution in [2.75, 3.05) is 4.72 Å². The van der Waals surface area contributed by atoms with Crippen LogP contribution in [0.3, 0.4) is 0 Å². The van der Waals surface area contributed by atoms with Gasteiger partial charge in [0.25, 0.3) is 10.0 Å². The fraction of sp³-hybridized carbons (Fsp3) is 0.0714. The molecule has 2 aromatic heterocycles. The number of thiazole rings is 1. The summed E-state index contributed by atoms with van der Waals surface area (Å²) in [6.07, 6.45) is 0. The molecule has 0 spiro atoms. The van der Waals surface area contributed by atoms with Gasteiger partial charge in [-0.25, -0.2) is 13.4 Å². The van der Waals surface area contributed by atoms with Gasteiger partial charge in [0.05, 0.1) is 4.90 Å². The predicted octanol–water partition coefficient (Wildman–Crippen LogP) is 4.17. The lowest BCUT2D eigenvalue weighted by Crippen LogP contribution is -2.12. The van der Waals surface area contributed by atoms with E-state index in [-0.39, 0.29) is 10.0 Å². The average molecular weight is 355 g/mol. The number of nitrogens with zero attached hydrogens (tertiary/aromatic N) is 1. The molecule has 5 nitrogen and oxygen atoms in total. The minimum atomic E-state index is -3.69. The van der Waals surface area contributed by atoms with Crippen LogP contribution in [0, 0.1) is 6.92 Å². The van der Waals surface area contributed by atoms with Crippen LogP contribution in [-0.2, 0) is 10.0 Å². The largest absolute Gasteiger partial charge is 0.460 e. The molecule has 0 amide bonds. The third kappa shape index (κ3) is 3.16. The first-order chi connectivity index (χ1) is 10.4. The summed E-state index contributed by atoms with van der Waals surface area (Å²) in [5.74, 6) is 1.37. The highest BCUT2D eigenvalue weighted by Gasteiger charge is 2.17. The molecule has 0 saturated carbocycles. The third-order valence-electron chi connectivity index (χ3n) is 2.84. The fourth-order valence-electron chi connectivity index (χ4n) is 1.79. The van der Waals surface area contributed by atoms with Crippen molar-refractivity contribution in [2.45, 2.75) is 11.8 Å². The topological polar surface area (TPSA) is 72.2 Å². The summed E-state index contributed by atoms with van der Waals surface area (Å²) < 4.78 is 32.4. The number of halogens is 1. The van der Waals surface area contributed by atoms with Crippen LogP contribution in [0.25, 0.3) is 11.5 Å². The van der Waals surface area contributed by atoms with Gasteiger partial charge in [0.15, 0.2) is 10.9 Å². The summed E-state index contributed by atoms with van der Waals surface area (Å²) in [5.41, 5.74) is 0.590. The zero-order valence-corrected chi connectivity index (χ0v) is 13.8. The first kappa shape index (κ1) is 15.1. The summed E-state index contributed by atoms with van der Waals surface area (Å²) in [4.78, 5) is 4.36. The highest BCUT2D eigenvalue weighted by atomic mass is 35.5. The molecule has 3 aromatic rings. The summed E-state index contributed by atoms with van der Waals surface area (Å²) in [5, 5.41) is 2.49. The second kappa shape index (κ2) is 5.75. The quantitative estimate of drug-likeness (QED) is 0.763. The maximum absolute atomic E-state index is 12.3. The maximum atomic E-state index is 12.3. The van der Waals surface area contributed by atoms with Gasteiger partial charge in [0, 0.05) is 10.4 Å². The number of furan rings is 1. The first-order valence-electron chi connectivity index (χ1n) is 6.25. The van der Waals surface area contributed by atoms with E-state index in [1.807, 2.05) is 13.0 Å². The minimum Gasteiger partial charge on any atom is -0.460 e. The molecule has 0 aliphatic carbocycles. The van der Waals surface area contributed by atoms with Gasteiger partial charge in [-0.2, -0.15) is 0 Å². The van der Waals surface area contributed by atoms with Gasteiger partial charge >= 0.3 is 0 Å². The van der Waals surface area contributed by atoms with Gasteiger partial charge < -0.3 is 4.42 Å². The molecule has 1 aromatic carbocycles. The normalized spacial score (nSPS) is 11.5. The Hall–Kier alpha value is -1.83. The molecule has 0 bridgehead atoms. The van der Waals surface area contributed by atoms with Crippen molar-refractivity contribution in [3.63, 3.8) is 0 Å². The second-order valence-electron chi connectivity index (χ2n) is 4.51. The van der Waals surface area contributed by atoms with Crippen molar-refractivity contribution in [3.8, 4) is 11.5 Å². The van der Waals surface area contributed by atoms with E-state index in [4.69, 9.17) is 16.0 Å². The number of nitrogens with one attached hydrogen (secondary N) is 1. The van der Waals surface area contributed by atoms with Crippen molar-refractivity contribution in [1.29, 1.82) is 0 Å². The van der Waals surface area contributed by atoms with Crippen LogP contribution < -0.4 is 4.72 Å². The number of anilines is 1. The van der Waals surface area contributed by atoms with Crippen molar-refractivity contribution in [3.05, 3.63) is 52.6 Å². The first-order valence-corrected chi connectivity index (χ1v) is 8.99. The number of aromatic nitrogens is 1. The van der Waals surface area contributed by atoms with E-state index < -0.39 is 10.0 Å². The van der Waals surface area contributed by atoms with E-state index >= 15 is 0 Å². The van der Waals surface area contributed by atoms with Gasteiger partial charge in [-0.1, -0.05) is 11.6 Å². The molecule has 0 aliphatic heterocycles. The molecule has 22 heavy (non-hydrogen) atoms. The van der Waals surface area contributed by atoms with Crippen molar-refractivity contribution >= 4 is 38.1 Å². The number of rotatable bonds is 4. The summed E-state index contributed by atoms with van der Waals surface area (Å²) in [6.45, 7) is 1.83. The lowest BCUT2D eigenvalue weighted by atomic mass is 10.4. The lowest BCUT2D eigenvalue weighted by molar-refractivity contribution is 0.547. The Morgan fingerprint density at radius 3 is 2.55 bits per heavy atom. The van der Waals surface area contributed by atoms with Crippen LogP contribution in [-0.4, -0.2) is 13.4 Å². The third-order valence-corrected chi connectivity index (χ3v) is 5.34. The van der Waals surface area contributed by atoms with E-state index in [0.717, 1.165) is 5.76 Å². The number of hydrogen-bond donors (Lipinski definition) is 1. The Morgan fingerprint density at radius 2 is 1.91 bits per heavy atom. The van der Waals surface area contributed by atoms with Gasteiger partial charge in [0.1, 0.15) is 11.5 Å². The molecule has 0 fully saturated rings. The van der Waals surface area contributed by atoms with Crippen LogP contribution in [0.4, 0.5) is 5.13 Å². The molecule has 0 saturated heterocycles. The van der Waals surface area contributed by atoms with Crippen molar-refractivity contribution in [2.24, 2.45) is 0 Å². The van der Waals surface area contributed by atoms with E-state index in [1.165, 1.54) is 35.6 Å². The van der Waals surface area contributed by atoms with E-state index in [0.29, 0.717) is 16.5 Å². The Kier molecular flexibility index (Phi) is 3.94. The van der Waals surface area contributed by atoms with E-state index in [9.17, 15) is 8.42 Å². The zero-order chi connectivity index (χ0) is 15.7. The van der Waals surface area contributed by atoms with Crippen LogP contribution >= 0.6 is 22.9 Å². The summed E-state index contributed by atoms with van der Waals surface area (Å²) in [7, 11) is -3.69. The second-order valence-corrected chi connectivity index (χ2v) is 7.48. The smallest absolute Gasteiger partial charge is 0.263 e. The predicted molar refractivity (Wildman–Crippen MR) is 86.8 cm³/mol. The molecule has 114 valence electrons. The minimum absolute atomic E-state index is 0.127. The molecular formula is C14H11ClN2O3S2. The fourth-order valence-corrected chi connectivity index (χ4v) is 3.87. The Labute approximate surface area is 136 Å². The molecule has 0 radical (unpaired) electrons. The SMILES string of the molecule is Cc1ccc(-c2csc(NS(=O)(=O)c3ccc(Cl)cc3)n2)o1. The molecule has 8 heteroatoms. The van der Waals surface area contributed by atoms with Gasteiger partial charge in [0.2, 0.25) is 0 Å². The number of hydrogen-bond acceptors (Lipinski definition) is 5. The van der Waals surface area contributed by atoms with Crippen LogP contribution in [0.5, 0.6) is 0 Å². The molecule has 0 atom stereocenters. The number of sulfonamides is 1. The zero-order valence-electron chi connectivity index (χ0n) is 11.4. The van der Waals surface area contributed by atoms with Crippen LogP contribution in [0.1, 0.15) is 5.76 Å². The van der Waals surface area contributed by atoms with Gasteiger partial charge in [-0.15, -0.1) is 11.3 Å². The molecular weight excluding hydrogens is 344 g/mol. The monoisotopic (exact) mass is 354 g/mol. The average Bonchev–Trinajstić information content (AvgIpc) is 3.08. The summed E-state index contributed by atoms with van der Waals surface area (Å²) in [6, 6.07) is 9.54. The molecule has 2 heterocycles. The molecule has 3 rings (SSSR count). The van der Waals surface area contributed by atoms with E-state index in [1.54, 1.807) is 11.4 Å². The highest BCUT2D eigenvalue weighted by Crippen LogP contribution is 2.28. The van der Waals surface area contributed by atoms with Crippen molar-refractivity contribution < 1.29 is 12.8 Å².